The summed E-state index contributed by atoms with van der Waals surface area (Å²) in [6, 6.07) is 16.9. The lowest BCUT2D eigenvalue weighted by Crippen LogP contribution is -1.89. The van der Waals surface area contributed by atoms with Gasteiger partial charge in [-0.2, -0.15) is 0 Å². The van der Waals surface area contributed by atoms with Crippen molar-refractivity contribution in [1.29, 1.82) is 0 Å². The van der Waals surface area contributed by atoms with Gasteiger partial charge >= 0.3 is 0 Å². The second kappa shape index (κ2) is 4.26. The lowest BCUT2D eigenvalue weighted by Gasteiger charge is -2.10. The Kier molecular flexibility index (Phi) is 2.60. The molecule has 0 aliphatic carbocycles. The molecule has 0 N–H and O–H groups in total. The number of hydrogen-bond acceptors (Lipinski definition) is 1. The molecule has 0 aliphatic rings. The third-order valence-corrected chi connectivity index (χ3v) is 3.49. The quantitative estimate of drug-likeness (QED) is 0.602. The van der Waals surface area contributed by atoms with Crippen LogP contribution >= 0.6 is 0 Å². The van der Waals surface area contributed by atoms with Gasteiger partial charge in [0.1, 0.15) is 0 Å². The van der Waals surface area contributed by atoms with Gasteiger partial charge < -0.3 is 0 Å². The predicted octanol–water partition coefficient (Wildman–Crippen LogP) is 4.52. The van der Waals surface area contributed by atoms with Crippen molar-refractivity contribution in [1.82, 2.24) is 4.98 Å². The summed E-state index contributed by atoms with van der Waals surface area (Å²) >= 11 is 0. The average Bonchev–Trinajstić information content (AvgIpc) is 2.41. The third-order valence-electron chi connectivity index (χ3n) is 3.49. The molecule has 0 amide bonds. The number of aromatic nitrogens is 1. The first-order valence-electron chi connectivity index (χ1n) is 6.18. The van der Waals surface area contributed by atoms with Crippen LogP contribution in [0, 0.1) is 13.8 Å². The van der Waals surface area contributed by atoms with E-state index in [2.05, 4.69) is 55.2 Å². The van der Waals surface area contributed by atoms with E-state index in [0.717, 1.165) is 5.69 Å². The summed E-state index contributed by atoms with van der Waals surface area (Å²) < 4.78 is 0. The fraction of sp³-hybridized carbons (Fsp3) is 0.118. The monoisotopic (exact) mass is 233 g/mol. The van der Waals surface area contributed by atoms with E-state index in [0.29, 0.717) is 0 Å². The Bertz CT molecular complexity index is 699. The van der Waals surface area contributed by atoms with E-state index in [4.69, 9.17) is 0 Å². The minimum absolute atomic E-state index is 1.04. The second-order valence-corrected chi connectivity index (χ2v) is 4.62. The van der Waals surface area contributed by atoms with Gasteiger partial charge in [-0.25, -0.2) is 0 Å². The lowest BCUT2D eigenvalue weighted by atomic mass is 9.95. The number of benzene rings is 2. The molecule has 0 aliphatic heterocycles. The zero-order chi connectivity index (χ0) is 12.5. The first kappa shape index (κ1) is 11.0. The molecule has 1 aromatic heterocycles. The normalized spacial score (nSPS) is 10.8. The largest absolute Gasteiger partial charge is 0.256 e. The predicted molar refractivity (Wildman–Crippen MR) is 76.7 cm³/mol. The molecule has 88 valence electrons. The molecule has 0 spiro atoms. The van der Waals surface area contributed by atoms with Crippen LogP contribution in [0.15, 0.2) is 54.7 Å². The van der Waals surface area contributed by atoms with Gasteiger partial charge in [-0.15, -0.1) is 0 Å². The summed E-state index contributed by atoms with van der Waals surface area (Å²) in [7, 11) is 0. The highest BCUT2D eigenvalue weighted by atomic mass is 14.7. The molecule has 0 saturated heterocycles. The van der Waals surface area contributed by atoms with Gasteiger partial charge in [-0.3, -0.25) is 4.98 Å². The van der Waals surface area contributed by atoms with Crippen LogP contribution < -0.4 is 0 Å². The van der Waals surface area contributed by atoms with Gasteiger partial charge in [0.25, 0.3) is 0 Å². The molecule has 1 heteroatoms. The SMILES string of the molecule is Cc1cccc2c(C)c(-c3ccccn3)ccc12. The van der Waals surface area contributed by atoms with Crippen LogP contribution in [-0.2, 0) is 0 Å². The van der Waals surface area contributed by atoms with E-state index < -0.39 is 0 Å². The van der Waals surface area contributed by atoms with Crippen LogP contribution in [0.1, 0.15) is 11.1 Å². The van der Waals surface area contributed by atoms with Crippen molar-refractivity contribution in [3.8, 4) is 11.3 Å². The molecule has 3 rings (SSSR count). The van der Waals surface area contributed by atoms with E-state index in [1.54, 1.807) is 0 Å². The summed E-state index contributed by atoms with van der Waals surface area (Å²) in [4.78, 5) is 4.44. The highest BCUT2D eigenvalue weighted by Crippen LogP contribution is 2.29. The molecule has 3 aromatic rings. The fourth-order valence-electron chi connectivity index (χ4n) is 2.47. The van der Waals surface area contributed by atoms with Crippen molar-refractivity contribution < 1.29 is 0 Å². The Morgan fingerprint density at radius 2 is 1.67 bits per heavy atom. The topological polar surface area (TPSA) is 12.9 Å². The molecule has 1 nitrogen and oxygen atoms in total. The van der Waals surface area contributed by atoms with Crippen LogP contribution in [0.3, 0.4) is 0 Å². The first-order chi connectivity index (χ1) is 8.77. The first-order valence-corrected chi connectivity index (χ1v) is 6.18. The van der Waals surface area contributed by atoms with Gasteiger partial charge in [-0.05, 0) is 47.9 Å². The van der Waals surface area contributed by atoms with Crippen molar-refractivity contribution in [2.75, 3.05) is 0 Å². The minimum Gasteiger partial charge on any atom is -0.256 e. The average molecular weight is 233 g/mol. The van der Waals surface area contributed by atoms with Crippen molar-refractivity contribution in [3.63, 3.8) is 0 Å². The second-order valence-electron chi connectivity index (χ2n) is 4.62. The molecule has 2 aromatic carbocycles. The Labute approximate surface area is 107 Å². The highest BCUT2D eigenvalue weighted by Gasteiger charge is 2.07. The maximum atomic E-state index is 4.44. The van der Waals surface area contributed by atoms with Crippen LogP contribution in [0.5, 0.6) is 0 Å². The maximum absolute atomic E-state index is 4.44. The van der Waals surface area contributed by atoms with Gasteiger partial charge in [0.2, 0.25) is 0 Å². The van der Waals surface area contributed by atoms with Crippen molar-refractivity contribution in [2.45, 2.75) is 13.8 Å². The molecule has 18 heavy (non-hydrogen) atoms. The lowest BCUT2D eigenvalue weighted by molar-refractivity contribution is 1.31. The van der Waals surface area contributed by atoms with E-state index >= 15 is 0 Å². The Morgan fingerprint density at radius 3 is 2.44 bits per heavy atom. The summed E-state index contributed by atoms with van der Waals surface area (Å²) in [6.07, 6.45) is 1.84. The van der Waals surface area contributed by atoms with Gasteiger partial charge in [0.15, 0.2) is 0 Å². The number of fused-ring (bicyclic) bond motifs is 1. The molecule has 0 radical (unpaired) electrons. The fourth-order valence-corrected chi connectivity index (χ4v) is 2.47. The zero-order valence-electron chi connectivity index (χ0n) is 10.6. The molecule has 0 atom stereocenters. The summed E-state index contributed by atoms with van der Waals surface area (Å²) in [5.41, 5.74) is 4.88. The van der Waals surface area contributed by atoms with Gasteiger partial charge in [0, 0.05) is 11.8 Å². The van der Waals surface area contributed by atoms with Gasteiger partial charge in [0.05, 0.1) is 5.69 Å². The third kappa shape index (κ3) is 1.68. The number of hydrogen-bond donors (Lipinski definition) is 0. The van der Waals surface area contributed by atoms with Crippen molar-refractivity contribution in [2.24, 2.45) is 0 Å². The number of pyridine rings is 1. The summed E-state index contributed by atoms with van der Waals surface area (Å²) in [5, 5.41) is 2.65. The molecule has 0 unspecified atom stereocenters. The van der Waals surface area contributed by atoms with Crippen LogP contribution in [0.25, 0.3) is 22.0 Å². The molecule has 1 heterocycles. The van der Waals surface area contributed by atoms with Crippen LogP contribution in [-0.4, -0.2) is 4.98 Å². The molecule has 0 bridgehead atoms. The Morgan fingerprint density at radius 1 is 0.778 bits per heavy atom. The molecular weight excluding hydrogens is 218 g/mol. The van der Waals surface area contributed by atoms with E-state index in [-0.39, 0.29) is 0 Å². The van der Waals surface area contributed by atoms with Crippen molar-refractivity contribution >= 4 is 10.8 Å². The Balaban J connectivity index is 2.31. The van der Waals surface area contributed by atoms with Crippen LogP contribution in [0.2, 0.25) is 0 Å². The van der Waals surface area contributed by atoms with Gasteiger partial charge in [-0.1, -0.05) is 36.4 Å². The highest BCUT2D eigenvalue weighted by molar-refractivity contribution is 5.93. The maximum Gasteiger partial charge on any atom is 0.0704 e. The number of nitrogens with zero attached hydrogens (tertiary/aromatic N) is 1. The number of rotatable bonds is 1. The minimum atomic E-state index is 1.04. The van der Waals surface area contributed by atoms with Crippen molar-refractivity contribution in [3.05, 3.63) is 65.9 Å². The summed E-state index contributed by atoms with van der Waals surface area (Å²) in [5.74, 6) is 0. The molecule has 0 fully saturated rings. The van der Waals surface area contributed by atoms with E-state index in [1.807, 2.05) is 18.3 Å². The van der Waals surface area contributed by atoms with E-state index in [9.17, 15) is 0 Å². The smallest absolute Gasteiger partial charge is 0.0704 e. The zero-order valence-corrected chi connectivity index (χ0v) is 10.6. The standard InChI is InChI=1S/C17H15N/c1-12-6-5-7-15-13(2)16(10-9-14(12)15)17-8-3-4-11-18-17/h3-11H,1-2H3. The Hall–Kier alpha value is -2.15. The van der Waals surface area contributed by atoms with E-state index in [1.165, 1.54) is 27.5 Å². The number of aryl methyl sites for hydroxylation is 2. The molecule has 0 saturated carbocycles. The van der Waals surface area contributed by atoms with Crippen LogP contribution in [0.4, 0.5) is 0 Å². The summed E-state index contributed by atoms with van der Waals surface area (Å²) in [6.45, 7) is 4.33. The molecular formula is C17H15N.